The van der Waals surface area contributed by atoms with E-state index < -0.39 is 5.97 Å². The van der Waals surface area contributed by atoms with Crippen molar-refractivity contribution in [3.8, 4) is 0 Å². The number of benzene rings is 1. The summed E-state index contributed by atoms with van der Waals surface area (Å²) in [5, 5.41) is 12.0. The molecule has 4 heteroatoms. The van der Waals surface area contributed by atoms with E-state index >= 15 is 0 Å². The lowest BCUT2D eigenvalue weighted by atomic mass is 10.1. The highest BCUT2D eigenvalue weighted by Crippen LogP contribution is 2.17. The highest BCUT2D eigenvalue weighted by Gasteiger charge is 2.12. The highest BCUT2D eigenvalue weighted by molar-refractivity contribution is 9.10. The van der Waals surface area contributed by atoms with Crippen LogP contribution in [0.5, 0.6) is 0 Å². The van der Waals surface area contributed by atoms with Crippen molar-refractivity contribution < 1.29 is 9.90 Å². The summed E-state index contributed by atoms with van der Waals surface area (Å²) in [5.41, 5.74) is 1.15. The minimum absolute atomic E-state index is 0.152. The van der Waals surface area contributed by atoms with Crippen LogP contribution in [0.3, 0.4) is 0 Å². The second kappa shape index (κ2) is 6.01. The summed E-state index contributed by atoms with van der Waals surface area (Å²) in [7, 11) is 0. The van der Waals surface area contributed by atoms with Gasteiger partial charge < -0.3 is 10.4 Å². The maximum atomic E-state index is 10.7. The number of carboxylic acid groups (broad SMARTS) is 1. The lowest BCUT2D eigenvalue weighted by Crippen LogP contribution is -2.28. The fraction of sp³-hybridized carbons (Fsp3) is 0.417. The second-order valence-electron chi connectivity index (χ2n) is 3.92. The number of carboxylic acids is 1. The van der Waals surface area contributed by atoms with Gasteiger partial charge in [-0.15, -0.1) is 0 Å². The molecule has 0 radical (unpaired) electrons. The molecule has 0 heterocycles. The van der Waals surface area contributed by atoms with Gasteiger partial charge in [-0.3, -0.25) is 4.79 Å². The molecule has 0 bridgehead atoms. The van der Waals surface area contributed by atoms with Crippen molar-refractivity contribution in [1.29, 1.82) is 0 Å². The van der Waals surface area contributed by atoms with Crippen LogP contribution in [0, 0.1) is 5.92 Å². The zero-order chi connectivity index (χ0) is 12.1. The van der Waals surface area contributed by atoms with Gasteiger partial charge >= 0.3 is 5.97 Å². The van der Waals surface area contributed by atoms with Crippen molar-refractivity contribution in [2.75, 3.05) is 6.54 Å². The maximum absolute atomic E-state index is 10.7. The third kappa shape index (κ3) is 3.94. The van der Waals surface area contributed by atoms with Crippen LogP contribution in [-0.2, 0) is 4.79 Å². The molecular formula is C12H16BrNO2. The van der Waals surface area contributed by atoms with E-state index in [1.807, 2.05) is 31.2 Å². The summed E-state index contributed by atoms with van der Waals surface area (Å²) in [4.78, 5) is 10.7. The van der Waals surface area contributed by atoms with Crippen LogP contribution >= 0.6 is 15.9 Å². The molecule has 1 rings (SSSR count). The third-order valence-corrected chi connectivity index (χ3v) is 2.99. The van der Waals surface area contributed by atoms with Crippen LogP contribution < -0.4 is 5.32 Å². The van der Waals surface area contributed by atoms with Crippen LogP contribution in [-0.4, -0.2) is 17.6 Å². The molecule has 16 heavy (non-hydrogen) atoms. The minimum Gasteiger partial charge on any atom is -0.481 e. The molecule has 0 amide bonds. The van der Waals surface area contributed by atoms with Gasteiger partial charge in [-0.05, 0) is 24.6 Å². The molecule has 0 aliphatic rings. The van der Waals surface area contributed by atoms with E-state index in [2.05, 4.69) is 21.2 Å². The highest BCUT2D eigenvalue weighted by atomic mass is 79.9. The van der Waals surface area contributed by atoms with Crippen molar-refractivity contribution in [2.24, 2.45) is 5.92 Å². The normalized spacial score (nSPS) is 14.4. The molecule has 1 aromatic carbocycles. The van der Waals surface area contributed by atoms with E-state index in [0.29, 0.717) is 6.54 Å². The molecule has 0 saturated heterocycles. The van der Waals surface area contributed by atoms with Gasteiger partial charge in [0.05, 0.1) is 5.92 Å². The quantitative estimate of drug-likeness (QED) is 0.875. The summed E-state index contributed by atoms with van der Waals surface area (Å²) in [6, 6.07) is 8.14. The molecular weight excluding hydrogens is 270 g/mol. The molecule has 0 aromatic heterocycles. The van der Waals surface area contributed by atoms with Gasteiger partial charge in [0.15, 0.2) is 0 Å². The summed E-state index contributed by atoms with van der Waals surface area (Å²) in [6.07, 6.45) is 0. The maximum Gasteiger partial charge on any atom is 0.307 e. The van der Waals surface area contributed by atoms with E-state index in [-0.39, 0.29) is 12.0 Å². The SMILES string of the molecule is CC(CNC(C)c1cccc(Br)c1)C(=O)O. The Bertz CT molecular complexity index is 368. The Morgan fingerprint density at radius 1 is 1.50 bits per heavy atom. The largest absolute Gasteiger partial charge is 0.481 e. The molecule has 88 valence electrons. The summed E-state index contributed by atoms with van der Waals surface area (Å²) in [5.74, 6) is -1.14. The van der Waals surface area contributed by atoms with Gasteiger partial charge in [-0.2, -0.15) is 0 Å². The van der Waals surface area contributed by atoms with Gasteiger partial charge in [0.2, 0.25) is 0 Å². The summed E-state index contributed by atoms with van der Waals surface area (Å²) in [6.45, 7) is 4.20. The molecule has 1 aromatic rings. The van der Waals surface area contributed by atoms with Crippen molar-refractivity contribution in [2.45, 2.75) is 19.9 Å². The van der Waals surface area contributed by atoms with Crippen molar-refractivity contribution in [1.82, 2.24) is 5.32 Å². The van der Waals surface area contributed by atoms with Gasteiger partial charge in [0.25, 0.3) is 0 Å². The number of rotatable bonds is 5. The van der Waals surface area contributed by atoms with Crippen LogP contribution in [0.1, 0.15) is 25.5 Å². The Hall–Kier alpha value is -0.870. The first-order valence-electron chi connectivity index (χ1n) is 5.22. The predicted molar refractivity (Wildman–Crippen MR) is 67.4 cm³/mol. The van der Waals surface area contributed by atoms with Gasteiger partial charge in [-0.25, -0.2) is 0 Å². The fourth-order valence-corrected chi connectivity index (χ4v) is 1.75. The summed E-state index contributed by atoms with van der Waals surface area (Å²) < 4.78 is 1.03. The number of hydrogen-bond acceptors (Lipinski definition) is 2. The zero-order valence-corrected chi connectivity index (χ0v) is 11.0. The second-order valence-corrected chi connectivity index (χ2v) is 4.84. The number of aliphatic carboxylic acids is 1. The summed E-state index contributed by atoms with van der Waals surface area (Å²) >= 11 is 3.41. The van der Waals surface area contributed by atoms with Crippen LogP contribution in [0.25, 0.3) is 0 Å². The van der Waals surface area contributed by atoms with Gasteiger partial charge in [0.1, 0.15) is 0 Å². The standard InChI is InChI=1S/C12H16BrNO2/c1-8(12(15)16)7-14-9(2)10-4-3-5-11(13)6-10/h3-6,8-9,14H,7H2,1-2H3,(H,15,16). The average Bonchev–Trinajstić information content (AvgIpc) is 2.25. The monoisotopic (exact) mass is 285 g/mol. The Labute approximate surface area is 104 Å². The zero-order valence-electron chi connectivity index (χ0n) is 9.40. The van der Waals surface area contributed by atoms with Crippen LogP contribution in [0.4, 0.5) is 0 Å². The molecule has 0 fully saturated rings. The molecule has 2 unspecified atom stereocenters. The molecule has 0 saturated carbocycles. The van der Waals surface area contributed by atoms with Crippen molar-refractivity contribution in [3.63, 3.8) is 0 Å². The van der Waals surface area contributed by atoms with E-state index in [1.165, 1.54) is 0 Å². The molecule has 2 atom stereocenters. The molecule has 3 nitrogen and oxygen atoms in total. The van der Waals surface area contributed by atoms with Gasteiger partial charge in [0, 0.05) is 17.1 Å². The number of nitrogens with one attached hydrogen (secondary N) is 1. The van der Waals surface area contributed by atoms with E-state index in [1.54, 1.807) is 6.92 Å². The lowest BCUT2D eigenvalue weighted by Gasteiger charge is -2.16. The topological polar surface area (TPSA) is 49.3 Å². The number of halogens is 1. The fourth-order valence-electron chi connectivity index (χ4n) is 1.33. The Morgan fingerprint density at radius 3 is 2.75 bits per heavy atom. The first-order valence-corrected chi connectivity index (χ1v) is 6.01. The Morgan fingerprint density at radius 2 is 2.19 bits per heavy atom. The van der Waals surface area contributed by atoms with Crippen LogP contribution in [0.2, 0.25) is 0 Å². The van der Waals surface area contributed by atoms with E-state index in [0.717, 1.165) is 10.0 Å². The minimum atomic E-state index is -0.769. The first kappa shape index (κ1) is 13.2. The van der Waals surface area contributed by atoms with Crippen molar-refractivity contribution in [3.05, 3.63) is 34.3 Å². The Balaban J connectivity index is 2.52. The third-order valence-electron chi connectivity index (χ3n) is 2.50. The molecule has 0 aliphatic carbocycles. The Kier molecular flexibility index (Phi) is 4.96. The smallest absolute Gasteiger partial charge is 0.307 e. The predicted octanol–water partition coefficient (Wildman–Crippen LogP) is 2.82. The first-order chi connectivity index (χ1) is 7.50. The van der Waals surface area contributed by atoms with Crippen molar-refractivity contribution >= 4 is 21.9 Å². The van der Waals surface area contributed by atoms with Gasteiger partial charge in [-0.1, -0.05) is 35.0 Å². The average molecular weight is 286 g/mol. The van der Waals surface area contributed by atoms with Crippen LogP contribution in [0.15, 0.2) is 28.7 Å². The van der Waals surface area contributed by atoms with E-state index in [9.17, 15) is 4.79 Å². The number of hydrogen-bond donors (Lipinski definition) is 2. The van der Waals surface area contributed by atoms with E-state index in [4.69, 9.17) is 5.11 Å². The number of carbonyl (C=O) groups is 1. The molecule has 2 N–H and O–H groups in total. The lowest BCUT2D eigenvalue weighted by molar-refractivity contribution is -0.140. The molecule has 0 spiro atoms. The molecule has 0 aliphatic heterocycles.